The summed E-state index contributed by atoms with van der Waals surface area (Å²) in [5, 5.41) is 4.14. The molecule has 0 fully saturated rings. The standard InChI is InChI=1S/C7H12BrN3O/c1-7(2,3)11-5(8)9-6(10-11)12-4/h1-4H3. The van der Waals surface area contributed by atoms with Gasteiger partial charge in [0.05, 0.1) is 12.6 Å². The monoisotopic (exact) mass is 233 g/mol. The Balaban J connectivity index is 3.08. The van der Waals surface area contributed by atoms with Crippen molar-refractivity contribution in [2.45, 2.75) is 26.3 Å². The van der Waals surface area contributed by atoms with Crippen molar-refractivity contribution in [2.24, 2.45) is 0 Å². The van der Waals surface area contributed by atoms with Crippen molar-refractivity contribution >= 4 is 15.9 Å². The maximum absolute atomic E-state index is 4.90. The summed E-state index contributed by atoms with van der Waals surface area (Å²) in [6, 6.07) is 0.386. The van der Waals surface area contributed by atoms with Crippen LogP contribution in [0.1, 0.15) is 20.8 Å². The SMILES string of the molecule is COc1nc(Br)n(C(C)(C)C)n1. The van der Waals surface area contributed by atoms with Gasteiger partial charge in [0.1, 0.15) is 0 Å². The second-order valence-corrected chi connectivity index (χ2v) is 4.16. The predicted octanol–water partition coefficient (Wildman–Crippen LogP) is 1.80. The van der Waals surface area contributed by atoms with Gasteiger partial charge in [-0.1, -0.05) is 0 Å². The van der Waals surface area contributed by atoms with E-state index in [1.165, 1.54) is 0 Å². The van der Waals surface area contributed by atoms with Crippen LogP contribution >= 0.6 is 15.9 Å². The molecule has 0 amide bonds. The van der Waals surface area contributed by atoms with E-state index in [2.05, 4.69) is 26.0 Å². The smallest absolute Gasteiger partial charge is 0.336 e. The van der Waals surface area contributed by atoms with Crippen LogP contribution in [0.2, 0.25) is 0 Å². The van der Waals surface area contributed by atoms with Gasteiger partial charge in [0.25, 0.3) is 0 Å². The van der Waals surface area contributed by atoms with Gasteiger partial charge in [0, 0.05) is 0 Å². The quantitative estimate of drug-likeness (QED) is 0.743. The highest BCUT2D eigenvalue weighted by Crippen LogP contribution is 2.20. The van der Waals surface area contributed by atoms with Crippen LogP contribution in [0, 0.1) is 0 Å². The molecule has 0 radical (unpaired) electrons. The van der Waals surface area contributed by atoms with Crippen LogP contribution in [0.4, 0.5) is 0 Å². The summed E-state index contributed by atoms with van der Waals surface area (Å²) in [5.41, 5.74) is -0.0807. The van der Waals surface area contributed by atoms with Crippen molar-refractivity contribution in [3.63, 3.8) is 0 Å². The second kappa shape index (κ2) is 3.05. The van der Waals surface area contributed by atoms with Crippen molar-refractivity contribution in [3.05, 3.63) is 4.73 Å². The Kier molecular flexibility index (Phi) is 2.41. The Bertz CT molecular complexity index is 277. The number of halogens is 1. The summed E-state index contributed by atoms with van der Waals surface area (Å²) < 4.78 is 7.35. The lowest BCUT2D eigenvalue weighted by molar-refractivity contribution is 0.324. The summed E-state index contributed by atoms with van der Waals surface area (Å²) in [5.74, 6) is 0. The van der Waals surface area contributed by atoms with Crippen molar-refractivity contribution in [1.29, 1.82) is 0 Å². The van der Waals surface area contributed by atoms with Gasteiger partial charge in [-0.15, -0.1) is 5.10 Å². The first kappa shape index (κ1) is 9.51. The summed E-state index contributed by atoms with van der Waals surface area (Å²) in [4.78, 5) is 4.04. The van der Waals surface area contributed by atoms with E-state index < -0.39 is 0 Å². The number of aromatic nitrogens is 3. The zero-order valence-electron chi connectivity index (χ0n) is 7.63. The highest BCUT2D eigenvalue weighted by Gasteiger charge is 2.19. The Morgan fingerprint density at radius 1 is 1.42 bits per heavy atom. The van der Waals surface area contributed by atoms with Gasteiger partial charge in [0.15, 0.2) is 4.73 Å². The van der Waals surface area contributed by atoms with E-state index in [-0.39, 0.29) is 5.54 Å². The van der Waals surface area contributed by atoms with Crippen molar-refractivity contribution in [1.82, 2.24) is 14.8 Å². The molecule has 0 aliphatic heterocycles. The Morgan fingerprint density at radius 2 is 2.00 bits per heavy atom. The number of hydrogen-bond acceptors (Lipinski definition) is 3. The first-order valence-electron chi connectivity index (χ1n) is 3.62. The van der Waals surface area contributed by atoms with Gasteiger partial charge in [-0.3, -0.25) is 0 Å². The van der Waals surface area contributed by atoms with Crippen molar-refractivity contribution in [3.8, 4) is 6.01 Å². The van der Waals surface area contributed by atoms with Crippen LogP contribution in [0.3, 0.4) is 0 Å². The van der Waals surface area contributed by atoms with Crippen LogP contribution < -0.4 is 4.74 Å². The number of nitrogens with zero attached hydrogens (tertiary/aromatic N) is 3. The maximum Gasteiger partial charge on any atom is 0.336 e. The van der Waals surface area contributed by atoms with Gasteiger partial charge in [-0.05, 0) is 36.7 Å². The minimum Gasteiger partial charge on any atom is -0.466 e. The lowest BCUT2D eigenvalue weighted by atomic mass is 10.1. The first-order valence-corrected chi connectivity index (χ1v) is 4.41. The molecule has 0 aromatic carbocycles. The Morgan fingerprint density at radius 3 is 2.25 bits per heavy atom. The minimum absolute atomic E-state index is 0.0807. The summed E-state index contributed by atoms with van der Waals surface area (Å²) in [7, 11) is 1.55. The molecule has 0 aliphatic carbocycles. The van der Waals surface area contributed by atoms with Crippen LogP contribution in [0.25, 0.3) is 0 Å². The molecule has 1 aromatic rings. The molecule has 0 aliphatic rings. The third kappa shape index (κ3) is 1.77. The molecule has 0 N–H and O–H groups in total. The molecule has 1 rings (SSSR count). The molecule has 0 atom stereocenters. The van der Waals surface area contributed by atoms with Gasteiger partial charge in [0.2, 0.25) is 0 Å². The lowest BCUT2D eigenvalue weighted by Crippen LogP contribution is -2.23. The molecule has 0 saturated heterocycles. The fourth-order valence-corrected chi connectivity index (χ4v) is 1.55. The Labute approximate surface area is 80.1 Å². The van der Waals surface area contributed by atoms with Gasteiger partial charge >= 0.3 is 6.01 Å². The molecule has 1 heterocycles. The second-order valence-electron chi connectivity index (χ2n) is 3.45. The van der Waals surface area contributed by atoms with E-state index in [1.54, 1.807) is 11.8 Å². The molecule has 68 valence electrons. The maximum atomic E-state index is 4.90. The van der Waals surface area contributed by atoms with Crippen LogP contribution in [0.5, 0.6) is 6.01 Å². The summed E-state index contributed by atoms with van der Waals surface area (Å²) in [6.07, 6.45) is 0. The van der Waals surface area contributed by atoms with Gasteiger partial charge < -0.3 is 4.74 Å². The van der Waals surface area contributed by atoms with E-state index >= 15 is 0 Å². The zero-order chi connectivity index (χ0) is 9.35. The minimum atomic E-state index is -0.0807. The predicted molar refractivity (Wildman–Crippen MR) is 49.3 cm³/mol. The molecule has 0 spiro atoms. The molecule has 0 bridgehead atoms. The van der Waals surface area contributed by atoms with Crippen LogP contribution in [-0.2, 0) is 5.54 Å². The highest BCUT2D eigenvalue weighted by atomic mass is 79.9. The molecular formula is C7H12BrN3O. The molecule has 0 saturated carbocycles. The van der Waals surface area contributed by atoms with E-state index in [0.717, 1.165) is 0 Å². The molecule has 0 unspecified atom stereocenters. The van der Waals surface area contributed by atoms with E-state index in [4.69, 9.17) is 4.74 Å². The van der Waals surface area contributed by atoms with E-state index in [1.807, 2.05) is 20.8 Å². The lowest BCUT2D eigenvalue weighted by Gasteiger charge is -2.18. The van der Waals surface area contributed by atoms with Crippen LogP contribution in [-0.4, -0.2) is 21.9 Å². The largest absolute Gasteiger partial charge is 0.466 e. The average molecular weight is 234 g/mol. The van der Waals surface area contributed by atoms with Crippen molar-refractivity contribution in [2.75, 3.05) is 7.11 Å². The normalized spacial score (nSPS) is 11.8. The number of rotatable bonds is 1. The molecule has 12 heavy (non-hydrogen) atoms. The third-order valence-electron chi connectivity index (χ3n) is 1.37. The zero-order valence-corrected chi connectivity index (χ0v) is 9.21. The molecular weight excluding hydrogens is 222 g/mol. The summed E-state index contributed by atoms with van der Waals surface area (Å²) >= 11 is 3.30. The fourth-order valence-electron chi connectivity index (χ4n) is 0.789. The summed E-state index contributed by atoms with van der Waals surface area (Å²) in [6.45, 7) is 6.14. The van der Waals surface area contributed by atoms with E-state index in [0.29, 0.717) is 10.7 Å². The Hall–Kier alpha value is -0.580. The number of ether oxygens (including phenoxy) is 1. The molecule has 4 nitrogen and oxygen atoms in total. The third-order valence-corrected chi connectivity index (χ3v) is 1.88. The molecule has 1 aromatic heterocycles. The fraction of sp³-hybridized carbons (Fsp3) is 0.714. The number of hydrogen-bond donors (Lipinski definition) is 0. The number of methoxy groups -OCH3 is 1. The highest BCUT2D eigenvalue weighted by molar-refractivity contribution is 9.10. The first-order chi connectivity index (χ1) is 5.45. The van der Waals surface area contributed by atoms with Crippen LogP contribution in [0.15, 0.2) is 4.73 Å². The van der Waals surface area contributed by atoms with Crippen molar-refractivity contribution < 1.29 is 4.74 Å². The molecule has 5 heteroatoms. The van der Waals surface area contributed by atoms with E-state index in [9.17, 15) is 0 Å². The average Bonchev–Trinajstić information content (AvgIpc) is 2.29. The topological polar surface area (TPSA) is 39.9 Å². The van der Waals surface area contributed by atoms with Gasteiger partial charge in [-0.2, -0.15) is 4.98 Å². The van der Waals surface area contributed by atoms with Gasteiger partial charge in [-0.25, -0.2) is 4.68 Å².